The maximum Gasteiger partial charge on any atom is 0.217 e. The van der Waals surface area contributed by atoms with Crippen LogP contribution in [0.1, 0.15) is 48.5 Å². The predicted molar refractivity (Wildman–Crippen MR) is 430 cm³/mol. The summed E-state index contributed by atoms with van der Waals surface area (Å²) >= 11 is 0. The van der Waals surface area contributed by atoms with Crippen LogP contribution < -0.4 is 31.9 Å². The van der Waals surface area contributed by atoms with E-state index < -0.39 is 439 Å². The number of carbonyl (C=O) groups excluding carboxylic acids is 6. The summed E-state index contributed by atoms with van der Waals surface area (Å²) in [6, 6.07) is -11.9. The Labute approximate surface area is 788 Å². The van der Waals surface area contributed by atoms with Crippen LogP contribution in [0.2, 0.25) is 0 Å². The van der Waals surface area contributed by atoms with Crippen molar-refractivity contribution in [1.82, 2.24) is 31.9 Å². The monoisotopic (exact) mass is 2030 g/mol. The van der Waals surface area contributed by atoms with Gasteiger partial charge in [0, 0.05) is 41.5 Å². The van der Waals surface area contributed by atoms with Crippen molar-refractivity contribution in [1.29, 1.82) is 0 Å². The molecule has 34 N–H and O–H groups in total. The summed E-state index contributed by atoms with van der Waals surface area (Å²) < 4.78 is 129. The van der Waals surface area contributed by atoms with Gasteiger partial charge in [0.05, 0.1) is 72.2 Å². The van der Waals surface area contributed by atoms with Crippen LogP contribution in [0.15, 0.2) is 0 Å². The van der Waals surface area contributed by atoms with E-state index in [0.717, 1.165) is 41.5 Å². The molecule has 0 radical (unpaired) electrons. The molecule has 6 amide bonds. The standard InChI is InChI=1S/C78H130N6O55/c1-18-41(99)53(111)57(115)74(121-18)119-16-33-63(49(107)35(68(118)122-33)79-19(2)93)133-71-38(82-22(5)96)51(109)62(32(15-92)128-71)135-76-59(117)65(137-78-67(56(114)46(104)29(12-89)127-78)139-73-40(84-24(7)98)52(110)61(31(14-91)130-73)134-75-58(116)54(112)44(102)27(10-87)125-75)64(136-70-37(81-21(4)95)48(106)43(101)26(9-86)124-70)34(131-76)17-120-77-66(55(113)45(103)28(11-88)126-77)138-72-39(83-23(6)97)50(108)60(30(13-90)129-72)132-69-36(80-20(3)94)47(105)42(100)25(8-85)123-69/h18,25-78,85-92,99-118H,8-17H2,1-7H3,(H,79,93)(H,80,94)(H,81,95)(H,82,96)(H,83,97)(H,84,98)/t18-,25+,26+,27+,28+,29+,30+,31+,32+,33+,34+,35+,36+,37+,38+,39+,40+,41+,42-,43+,44-,45+,46+,47+,48+,49+,50+,51+,52+,53+,54-,55-,56-,57-,58+,59-,60+,61+,62+,63+,64+,65+,66-,67-,68?,69-,70-,71-,72-,73-,74+,75-,76-,77-,78+/m0/s1. The summed E-state index contributed by atoms with van der Waals surface area (Å²) in [6.07, 6.45) is -106. The molecular formula is C78H130N6O55. The van der Waals surface area contributed by atoms with E-state index in [-0.39, 0.29) is 0 Å². The van der Waals surface area contributed by atoms with Gasteiger partial charge in [-0.2, -0.15) is 0 Å². The zero-order chi connectivity index (χ0) is 102. The minimum Gasteiger partial charge on any atom is -0.394 e. The zero-order valence-corrected chi connectivity index (χ0v) is 75.4. The molecule has 61 nitrogen and oxygen atoms in total. The first-order chi connectivity index (χ1) is 65.7. The van der Waals surface area contributed by atoms with E-state index in [1.165, 1.54) is 6.92 Å². The lowest BCUT2D eigenvalue weighted by molar-refractivity contribution is -0.409. The van der Waals surface area contributed by atoms with E-state index in [2.05, 4.69) is 31.9 Å². The molecular weight excluding hydrogens is 1900 g/mol. The Hall–Kier alpha value is -5.14. The van der Waals surface area contributed by atoms with Crippen molar-refractivity contribution in [2.24, 2.45) is 0 Å². The highest BCUT2D eigenvalue weighted by molar-refractivity contribution is 5.75. The molecule has 802 valence electrons. The van der Waals surface area contributed by atoms with Crippen LogP contribution >= 0.6 is 0 Å². The van der Waals surface area contributed by atoms with Gasteiger partial charge in [-0.25, -0.2) is 0 Å². The number of rotatable bonds is 36. The van der Waals surface area contributed by atoms with Crippen molar-refractivity contribution in [2.75, 3.05) is 66.1 Å². The molecule has 11 aliphatic heterocycles. The van der Waals surface area contributed by atoms with Gasteiger partial charge in [-0.15, -0.1) is 0 Å². The average Bonchev–Trinajstić information content (AvgIpc) is 0.752. The van der Waals surface area contributed by atoms with E-state index in [4.69, 9.17) is 99.5 Å². The lowest BCUT2D eigenvalue weighted by Crippen LogP contribution is -2.72. The fourth-order valence-corrected chi connectivity index (χ4v) is 18.1. The molecule has 61 heteroatoms. The fourth-order valence-electron chi connectivity index (χ4n) is 18.1. The van der Waals surface area contributed by atoms with Crippen molar-refractivity contribution >= 4 is 35.4 Å². The number of aliphatic hydroxyl groups is 28. The Morgan fingerprint density at radius 2 is 0.439 bits per heavy atom. The highest BCUT2D eigenvalue weighted by Gasteiger charge is 2.63. The Morgan fingerprint density at radius 3 is 0.813 bits per heavy atom. The summed E-state index contributed by atoms with van der Waals surface area (Å²) in [5.74, 6) is -5.85. The molecule has 0 saturated carbocycles. The Bertz CT molecular complexity index is 3900. The first-order valence-electron chi connectivity index (χ1n) is 44.5. The largest absolute Gasteiger partial charge is 0.394 e. The van der Waals surface area contributed by atoms with Crippen molar-refractivity contribution in [2.45, 2.75) is 386 Å². The number of hydrogen-bond acceptors (Lipinski definition) is 55. The van der Waals surface area contributed by atoms with Crippen LogP contribution in [0.25, 0.3) is 0 Å². The summed E-state index contributed by atoms with van der Waals surface area (Å²) in [7, 11) is 0. The van der Waals surface area contributed by atoms with Gasteiger partial charge in [-0.1, -0.05) is 0 Å². The van der Waals surface area contributed by atoms with Crippen molar-refractivity contribution < 1.29 is 271 Å². The number of hydrogen-bond donors (Lipinski definition) is 34. The first kappa shape index (κ1) is 114. The third-order valence-electron chi connectivity index (χ3n) is 25.3. The lowest BCUT2D eigenvalue weighted by Gasteiger charge is -2.52. The van der Waals surface area contributed by atoms with Gasteiger partial charge in [-0.05, 0) is 6.92 Å². The quantitative estimate of drug-likeness (QED) is 0.0277. The maximum atomic E-state index is 13.5. The van der Waals surface area contributed by atoms with Gasteiger partial charge in [0.25, 0.3) is 0 Å². The highest BCUT2D eigenvalue weighted by atomic mass is 16.8. The number of ether oxygens (including phenoxy) is 21. The van der Waals surface area contributed by atoms with Gasteiger partial charge in [0.1, 0.15) is 262 Å². The number of carbonyl (C=O) groups is 6. The molecule has 55 atom stereocenters. The SMILES string of the molecule is CC(=O)N[C@H]1[C@H](O[C@H]2[C@H](O)[C@@H](NC(C)=O)C(O)O[C@@H]2CO[C@@H]2O[C@@H](C)[C@@H](O)[C@@H](O)[C@@H]2O)O[C@H](CO)[C@@H](O[C@@H]2O[C@H](CO[C@H]3O[C@H](CO)[C@@H](O)[C@H](O)[C@@H]3O[C@@H]3O[C@H](CO)[C@@H](O[C@@H]4O[C@H](CO)[C@H](O)[C@H](O)[C@H]4NC(C)=O)[C@H](O)[C@H]3NC(C)=O)[C@@H](O[C@@H]3O[C@H](CO)[C@@H](O)[C@H](O)[C@H]3NC(C)=O)[C@H](O[C@H]3O[C@H](CO)[C@@H](O)[C@H](O)[C@@H]3O[C@@H]3O[C@H](CO)[C@@H](O[C@@H]4O[C@H](CO)[C@H](O)[C@H](O)[C@H]4O)[C@H](O)[C@H]3NC(C)=O)[C@@H]2O)[C@@H]1O. The number of nitrogens with one attached hydrogen (secondary N) is 6. The Balaban J connectivity index is 1.02. The van der Waals surface area contributed by atoms with Gasteiger partial charge < -0.3 is 274 Å². The number of amides is 6. The molecule has 0 spiro atoms. The molecule has 11 saturated heterocycles. The fraction of sp³-hybridized carbons (Fsp3) is 0.923. The van der Waals surface area contributed by atoms with Crippen molar-refractivity contribution in [3.8, 4) is 0 Å². The lowest BCUT2D eigenvalue weighted by atomic mass is 9.93. The average molecular weight is 2030 g/mol. The van der Waals surface area contributed by atoms with E-state index >= 15 is 0 Å². The molecule has 0 bridgehead atoms. The first-order valence-corrected chi connectivity index (χ1v) is 44.5. The molecule has 1 unspecified atom stereocenters. The van der Waals surface area contributed by atoms with Gasteiger partial charge in [-0.3, -0.25) is 28.8 Å². The van der Waals surface area contributed by atoms with Crippen molar-refractivity contribution in [3.63, 3.8) is 0 Å². The molecule has 139 heavy (non-hydrogen) atoms. The molecule has 0 aliphatic carbocycles. The van der Waals surface area contributed by atoms with Crippen LogP contribution in [0.3, 0.4) is 0 Å². The normalized spacial score (nSPS) is 48.3. The summed E-state index contributed by atoms with van der Waals surface area (Å²) in [5, 5.41) is 333. The summed E-state index contributed by atoms with van der Waals surface area (Å²) in [4.78, 5) is 78.5. The second-order valence-corrected chi connectivity index (χ2v) is 35.3. The number of aliphatic hydroxyl groups excluding tert-OH is 28. The molecule has 0 aromatic heterocycles. The Kier molecular flexibility index (Phi) is 41.1. The molecule has 11 fully saturated rings. The molecule has 11 aliphatic rings. The predicted octanol–water partition coefficient (Wildman–Crippen LogP) is -23.1. The second kappa shape index (κ2) is 50.0. The molecule has 11 rings (SSSR count). The topological polar surface area (TPSA) is 935 Å². The smallest absolute Gasteiger partial charge is 0.217 e. The van der Waals surface area contributed by atoms with E-state index in [0.29, 0.717) is 0 Å². The van der Waals surface area contributed by atoms with Gasteiger partial charge in [0.15, 0.2) is 69.2 Å². The van der Waals surface area contributed by atoms with Gasteiger partial charge >= 0.3 is 0 Å². The van der Waals surface area contributed by atoms with Crippen molar-refractivity contribution in [3.05, 3.63) is 0 Å². The third kappa shape index (κ3) is 25.8. The summed E-state index contributed by atoms with van der Waals surface area (Å²) in [6.45, 7) is -5.04. The van der Waals surface area contributed by atoms with E-state index in [1.54, 1.807) is 0 Å². The Morgan fingerprint density at radius 1 is 0.201 bits per heavy atom. The van der Waals surface area contributed by atoms with Crippen LogP contribution in [0.4, 0.5) is 0 Å². The minimum absolute atomic E-state index is 0.843. The minimum atomic E-state index is -2.83. The van der Waals surface area contributed by atoms with Crippen LogP contribution in [0.5, 0.6) is 0 Å². The molecule has 0 aromatic rings. The van der Waals surface area contributed by atoms with E-state index in [9.17, 15) is 172 Å². The zero-order valence-electron chi connectivity index (χ0n) is 75.4. The molecule has 0 aromatic carbocycles. The third-order valence-corrected chi connectivity index (χ3v) is 25.3. The van der Waals surface area contributed by atoms with Gasteiger partial charge in [0.2, 0.25) is 35.4 Å². The van der Waals surface area contributed by atoms with Crippen LogP contribution in [-0.4, -0.2) is 582 Å². The maximum absolute atomic E-state index is 13.5. The second-order valence-electron chi connectivity index (χ2n) is 35.3. The van der Waals surface area contributed by atoms with E-state index in [1.807, 2.05) is 0 Å². The van der Waals surface area contributed by atoms with Crippen LogP contribution in [-0.2, 0) is 128 Å². The molecule has 11 heterocycles. The summed E-state index contributed by atoms with van der Waals surface area (Å²) in [5.41, 5.74) is 0. The highest BCUT2D eigenvalue weighted by Crippen LogP contribution is 2.43. The van der Waals surface area contributed by atoms with Crippen LogP contribution in [0, 0.1) is 0 Å².